The van der Waals surface area contributed by atoms with Crippen molar-refractivity contribution in [2.45, 2.75) is 39.7 Å². The molecule has 1 unspecified atom stereocenters. The van der Waals surface area contributed by atoms with Gasteiger partial charge in [0.25, 0.3) is 0 Å². The van der Waals surface area contributed by atoms with Gasteiger partial charge >= 0.3 is 0 Å². The van der Waals surface area contributed by atoms with Crippen LogP contribution in [-0.4, -0.2) is 6.04 Å². The molecule has 0 saturated carbocycles. The monoisotopic (exact) mass is 206 g/mol. The van der Waals surface area contributed by atoms with E-state index in [1.165, 1.54) is 11.1 Å². The van der Waals surface area contributed by atoms with Gasteiger partial charge in [0.2, 0.25) is 0 Å². The van der Waals surface area contributed by atoms with Crippen LogP contribution in [0.1, 0.15) is 31.4 Å². The van der Waals surface area contributed by atoms with Crippen LogP contribution in [-0.2, 0) is 6.42 Å². The summed E-state index contributed by atoms with van der Waals surface area (Å²) in [5.41, 5.74) is 5.55. The number of hydrazine groups is 1. The van der Waals surface area contributed by atoms with Crippen LogP contribution in [0.15, 0.2) is 24.3 Å². The summed E-state index contributed by atoms with van der Waals surface area (Å²) in [6, 6.07) is 9.05. The van der Waals surface area contributed by atoms with Gasteiger partial charge in [-0.15, -0.1) is 0 Å². The van der Waals surface area contributed by atoms with Gasteiger partial charge in [0.1, 0.15) is 0 Å². The van der Waals surface area contributed by atoms with E-state index < -0.39 is 0 Å². The quantitative estimate of drug-likeness (QED) is 0.573. The average molecular weight is 206 g/mol. The van der Waals surface area contributed by atoms with Crippen molar-refractivity contribution in [1.29, 1.82) is 0 Å². The Hall–Kier alpha value is -0.860. The molecule has 2 heteroatoms. The Morgan fingerprint density at radius 3 is 2.27 bits per heavy atom. The van der Waals surface area contributed by atoms with E-state index in [1.807, 2.05) is 0 Å². The molecule has 0 aliphatic rings. The molecule has 1 atom stereocenters. The Bertz CT molecular complexity index is 277. The average Bonchev–Trinajstić information content (AvgIpc) is 2.19. The number of nitrogens with one attached hydrogen (secondary N) is 1. The lowest BCUT2D eigenvalue weighted by Gasteiger charge is -2.18. The maximum absolute atomic E-state index is 5.55. The van der Waals surface area contributed by atoms with Gasteiger partial charge in [-0.2, -0.15) is 0 Å². The second kappa shape index (κ2) is 5.89. The highest BCUT2D eigenvalue weighted by Gasteiger charge is 2.09. The number of hydrogen-bond acceptors (Lipinski definition) is 2. The maximum atomic E-state index is 5.55. The highest BCUT2D eigenvalue weighted by atomic mass is 15.2. The normalized spacial score (nSPS) is 13.1. The van der Waals surface area contributed by atoms with E-state index in [9.17, 15) is 0 Å². The van der Waals surface area contributed by atoms with Gasteiger partial charge in [-0.3, -0.25) is 11.3 Å². The van der Waals surface area contributed by atoms with E-state index in [0.29, 0.717) is 12.0 Å². The molecule has 0 saturated heterocycles. The second-order valence-electron chi connectivity index (χ2n) is 4.68. The molecule has 15 heavy (non-hydrogen) atoms. The van der Waals surface area contributed by atoms with Gasteiger partial charge in [0.05, 0.1) is 0 Å². The molecule has 0 bridgehead atoms. The predicted octanol–water partition coefficient (Wildman–Crippen LogP) is 2.42. The molecule has 0 amide bonds. The summed E-state index contributed by atoms with van der Waals surface area (Å²) in [5.74, 6) is 6.23. The third kappa shape index (κ3) is 4.45. The largest absolute Gasteiger partial charge is 0.271 e. The third-order valence-corrected chi connectivity index (χ3v) is 2.59. The fourth-order valence-corrected chi connectivity index (χ4v) is 1.79. The molecule has 1 aromatic carbocycles. The van der Waals surface area contributed by atoms with E-state index in [0.717, 1.165) is 12.8 Å². The lowest BCUT2D eigenvalue weighted by Crippen LogP contribution is -2.37. The van der Waals surface area contributed by atoms with Crippen LogP contribution in [0.2, 0.25) is 0 Å². The number of benzene rings is 1. The van der Waals surface area contributed by atoms with E-state index in [4.69, 9.17) is 5.84 Å². The van der Waals surface area contributed by atoms with Gasteiger partial charge < -0.3 is 0 Å². The number of nitrogens with two attached hydrogens (primary N) is 1. The van der Waals surface area contributed by atoms with Gasteiger partial charge in [0.15, 0.2) is 0 Å². The van der Waals surface area contributed by atoms with Crippen molar-refractivity contribution in [2.75, 3.05) is 0 Å². The number of rotatable bonds is 5. The lowest BCUT2D eigenvalue weighted by atomic mass is 9.97. The van der Waals surface area contributed by atoms with Crippen LogP contribution in [0.25, 0.3) is 0 Å². The first-order valence-corrected chi connectivity index (χ1v) is 5.63. The first kappa shape index (κ1) is 12.2. The Balaban J connectivity index is 2.54. The molecule has 0 fully saturated rings. The molecule has 3 N–H and O–H groups in total. The van der Waals surface area contributed by atoms with Crippen molar-refractivity contribution >= 4 is 0 Å². The van der Waals surface area contributed by atoms with Crippen molar-refractivity contribution in [3.8, 4) is 0 Å². The van der Waals surface area contributed by atoms with Gasteiger partial charge in [-0.25, -0.2) is 0 Å². The van der Waals surface area contributed by atoms with Crippen LogP contribution >= 0.6 is 0 Å². The van der Waals surface area contributed by atoms with Crippen molar-refractivity contribution in [2.24, 2.45) is 11.8 Å². The molecule has 0 heterocycles. The summed E-state index contributed by atoms with van der Waals surface area (Å²) in [6.45, 7) is 6.55. The SMILES string of the molecule is Cc1ccc(CC(CC(C)C)NN)cc1. The minimum Gasteiger partial charge on any atom is -0.271 e. The first-order chi connectivity index (χ1) is 7.11. The third-order valence-electron chi connectivity index (χ3n) is 2.59. The van der Waals surface area contributed by atoms with Crippen molar-refractivity contribution < 1.29 is 0 Å². The minimum absolute atomic E-state index is 0.382. The second-order valence-corrected chi connectivity index (χ2v) is 4.68. The standard InChI is InChI=1S/C13H22N2/c1-10(2)8-13(15-14)9-12-6-4-11(3)5-7-12/h4-7,10,13,15H,8-9,14H2,1-3H3. The molecular formula is C13H22N2. The van der Waals surface area contributed by atoms with Crippen molar-refractivity contribution in [3.05, 3.63) is 35.4 Å². The molecule has 0 spiro atoms. The van der Waals surface area contributed by atoms with Crippen LogP contribution in [0, 0.1) is 12.8 Å². The molecule has 0 radical (unpaired) electrons. The summed E-state index contributed by atoms with van der Waals surface area (Å²) in [6.07, 6.45) is 2.12. The summed E-state index contributed by atoms with van der Waals surface area (Å²) in [5, 5.41) is 0. The molecule has 1 aromatic rings. The molecule has 1 rings (SSSR count). The van der Waals surface area contributed by atoms with Crippen molar-refractivity contribution in [1.82, 2.24) is 5.43 Å². The Kier molecular flexibility index (Phi) is 4.79. The Morgan fingerprint density at radius 2 is 1.80 bits per heavy atom. The zero-order valence-electron chi connectivity index (χ0n) is 9.96. The number of hydrogen-bond donors (Lipinski definition) is 2. The Labute approximate surface area is 92.8 Å². The van der Waals surface area contributed by atoms with E-state index >= 15 is 0 Å². The van der Waals surface area contributed by atoms with E-state index in [-0.39, 0.29) is 0 Å². The van der Waals surface area contributed by atoms with Crippen LogP contribution in [0.4, 0.5) is 0 Å². The van der Waals surface area contributed by atoms with E-state index in [2.05, 4.69) is 50.5 Å². The highest BCUT2D eigenvalue weighted by Crippen LogP contribution is 2.11. The first-order valence-electron chi connectivity index (χ1n) is 5.63. The topological polar surface area (TPSA) is 38.0 Å². The summed E-state index contributed by atoms with van der Waals surface area (Å²) in [7, 11) is 0. The smallest absolute Gasteiger partial charge is 0.0253 e. The molecule has 0 aliphatic carbocycles. The molecule has 0 aliphatic heterocycles. The van der Waals surface area contributed by atoms with Crippen molar-refractivity contribution in [3.63, 3.8) is 0 Å². The molecule has 0 aromatic heterocycles. The minimum atomic E-state index is 0.382. The van der Waals surface area contributed by atoms with Gasteiger partial charge in [-0.05, 0) is 31.2 Å². The van der Waals surface area contributed by atoms with Crippen LogP contribution in [0.5, 0.6) is 0 Å². The lowest BCUT2D eigenvalue weighted by molar-refractivity contribution is 0.423. The summed E-state index contributed by atoms with van der Waals surface area (Å²) < 4.78 is 0. The molecule has 84 valence electrons. The van der Waals surface area contributed by atoms with Crippen LogP contribution < -0.4 is 11.3 Å². The zero-order valence-corrected chi connectivity index (χ0v) is 9.96. The maximum Gasteiger partial charge on any atom is 0.0253 e. The summed E-state index contributed by atoms with van der Waals surface area (Å²) in [4.78, 5) is 0. The van der Waals surface area contributed by atoms with Gasteiger partial charge in [0, 0.05) is 6.04 Å². The molecular weight excluding hydrogens is 184 g/mol. The Morgan fingerprint density at radius 1 is 1.20 bits per heavy atom. The fraction of sp³-hybridized carbons (Fsp3) is 0.538. The number of aryl methyl sites for hydroxylation is 1. The highest BCUT2D eigenvalue weighted by molar-refractivity contribution is 5.22. The van der Waals surface area contributed by atoms with Gasteiger partial charge in [-0.1, -0.05) is 43.7 Å². The fourth-order valence-electron chi connectivity index (χ4n) is 1.79. The summed E-state index contributed by atoms with van der Waals surface area (Å²) >= 11 is 0. The zero-order chi connectivity index (χ0) is 11.3. The molecule has 2 nitrogen and oxygen atoms in total. The van der Waals surface area contributed by atoms with E-state index in [1.54, 1.807) is 0 Å². The predicted molar refractivity (Wildman–Crippen MR) is 65.4 cm³/mol. The van der Waals surface area contributed by atoms with Crippen LogP contribution in [0.3, 0.4) is 0 Å².